The van der Waals surface area contributed by atoms with Crippen LogP contribution in [0.3, 0.4) is 0 Å². The zero-order valence-corrected chi connectivity index (χ0v) is 20.9. The van der Waals surface area contributed by atoms with E-state index in [9.17, 15) is 35.2 Å². The van der Waals surface area contributed by atoms with Crippen LogP contribution < -0.4 is 10.4 Å². The second kappa shape index (κ2) is 9.90. The summed E-state index contributed by atoms with van der Waals surface area (Å²) in [4.78, 5) is 17.0. The number of halogens is 5. The number of imidazole rings is 1. The van der Waals surface area contributed by atoms with Gasteiger partial charge in [0.1, 0.15) is 5.69 Å². The summed E-state index contributed by atoms with van der Waals surface area (Å²) in [6, 6.07) is 5.79. The van der Waals surface area contributed by atoms with Crippen molar-refractivity contribution in [1.29, 1.82) is 0 Å². The second-order valence-electron chi connectivity index (χ2n) is 7.49. The first-order valence-electron chi connectivity index (χ1n) is 10.0. The minimum Gasteiger partial charge on any atom is -0.261 e. The van der Waals surface area contributed by atoms with Gasteiger partial charge in [-0.25, -0.2) is 13.2 Å². The molecular formula is C21H20F5N3O3S3. The maximum absolute atomic E-state index is 13.2. The van der Waals surface area contributed by atoms with Gasteiger partial charge in [-0.2, -0.15) is 26.9 Å². The maximum Gasteiger partial charge on any atom is 0.453 e. The number of sulfonamides is 1. The molecule has 2 aliphatic heterocycles. The van der Waals surface area contributed by atoms with E-state index in [1.165, 1.54) is 22.8 Å². The molecule has 0 bridgehead atoms. The average molecular weight is 554 g/mol. The lowest BCUT2D eigenvalue weighted by atomic mass is 10.2. The highest BCUT2D eigenvalue weighted by Gasteiger charge is 2.56. The molecule has 190 valence electrons. The topological polar surface area (TPSA) is 81.1 Å². The number of rotatable bonds is 9. The minimum absolute atomic E-state index is 0.0900. The van der Waals surface area contributed by atoms with Crippen molar-refractivity contribution in [2.45, 2.75) is 47.9 Å². The van der Waals surface area contributed by atoms with Gasteiger partial charge in [-0.15, -0.1) is 23.1 Å². The van der Waals surface area contributed by atoms with E-state index in [1.807, 2.05) is 0 Å². The Kier molecular flexibility index (Phi) is 7.67. The Balaban J connectivity index is 1.92. The van der Waals surface area contributed by atoms with Gasteiger partial charge in [-0.3, -0.25) is 9.29 Å². The number of anilines is 1. The highest BCUT2D eigenvalue weighted by molar-refractivity contribution is 8.01. The van der Waals surface area contributed by atoms with E-state index in [-0.39, 0.29) is 22.2 Å². The molecule has 0 saturated heterocycles. The molecule has 35 heavy (non-hydrogen) atoms. The predicted octanol–water partition coefficient (Wildman–Crippen LogP) is 5.86. The Morgan fingerprint density at radius 3 is 2.37 bits per heavy atom. The van der Waals surface area contributed by atoms with Crippen LogP contribution in [-0.4, -0.2) is 35.8 Å². The lowest BCUT2D eigenvalue weighted by Gasteiger charge is -2.19. The average Bonchev–Trinajstić information content (AvgIpc) is 3.09. The Morgan fingerprint density at radius 1 is 1.17 bits per heavy atom. The van der Waals surface area contributed by atoms with Crippen molar-refractivity contribution < 1.29 is 30.4 Å². The van der Waals surface area contributed by atoms with Crippen LogP contribution in [0.2, 0.25) is 0 Å². The fourth-order valence-corrected chi connectivity index (χ4v) is 6.53. The zero-order chi connectivity index (χ0) is 26.2. The van der Waals surface area contributed by atoms with Gasteiger partial charge in [-0.05, 0) is 43.7 Å². The second-order valence-corrected chi connectivity index (χ2v) is 11.8. The third-order valence-electron chi connectivity index (χ3n) is 5.07. The fourth-order valence-electron chi connectivity index (χ4n) is 3.06. The molecule has 0 aliphatic carbocycles. The number of aromatic nitrogens is 2. The van der Waals surface area contributed by atoms with E-state index in [4.69, 9.17) is 0 Å². The summed E-state index contributed by atoms with van der Waals surface area (Å²) in [5.74, 6) is -5.18. The van der Waals surface area contributed by atoms with Gasteiger partial charge in [-0.1, -0.05) is 24.8 Å². The van der Waals surface area contributed by atoms with E-state index in [0.29, 0.717) is 20.3 Å². The smallest absolute Gasteiger partial charge is 0.261 e. The van der Waals surface area contributed by atoms with Gasteiger partial charge >= 0.3 is 17.8 Å². The standard InChI is InChI=1S/C21H20F5N3O3S3/c1-4-14-6-8-15(9-7-14)35(31,32)28-17-16-18(33-11-5-10-20(22,23)21(24,25)26)34-13(3)12(2)29(16)19(30)27-17/h4,6-9H,1,5,10-11H2,2-3H3,(H,27,28,30). The van der Waals surface area contributed by atoms with Crippen molar-refractivity contribution in [2.75, 3.05) is 10.5 Å². The SMILES string of the molecule is C=Cc1ccc(S(=O)(=O)Nc2nc(=O)n3c(C)c(C)sc(SCCCC(F)(F)C(F)(F)F)c2-3)cc1. The van der Waals surface area contributed by atoms with Crippen LogP contribution in [0.15, 0.2) is 44.7 Å². The highest BCUT2D eigenvalue weighted by atomic mass is 32.2. The van der Waals surface area contributed by atoms with E-state index < -0.39 is 40.7 Å². The predicted molar refractivity (Wildman–Crippen MR) is 127 cm³/mol. The van der Waals surface area contributed by atoms with E-state index in [2.05, 4.69) is 16.3 Å². The van der Waals surface area contributed by atoms with Crippen molar-refractivity contribution in [3.63, 3.8) is 0 Å². The summed E-state index contributed by atoms with van der Waals surface area (Å²) in [6.45, 7) is 6.93. The Labute approximate surface area is 206 Å². The monoisotopic (exact) mass is 553 g/mol. The van der Waals surface area contributed by atoms with Crippen LogP contribution >= 0.6 is 23.1 Å². The summed E-state index contributed by atoms with van der Waals surface area (Å²) in [6.07, 6.45) is -5.94. The summed E-state index contributed by atoms with van der Waals surface area (Å²) in [5.41, 5.74) is 0.553. The maximum atomic E-state index is 13.2. The van der Waals surface area contributed by atoms with Crippen LogP contribution in [0.1, 0.15) is 29.0 Å². The molecule has 3 rings (SSSR count). The number of hydrogen-bond donors (Lipinski definition) is 1. The van der Waals surface area contributed by atoms with Gasteiger partial charge in [0.15, 0.2) is 5.82 Å². The number of fused-ring (bicyclic) bond motifs is 1. The number of benzene rings is 1. The van der Waals surface area contributed by atoms with Gasteiger partial charge in [0.05, 0.1) is 9.10 Å². The van der Waals surface area contributed by atoms with Crippen molar-refractivity contribution in [1.82, 2.24) is 9.55 Å². The molecule has 2 aliphatic rings. The lowest BCUT2D eigenvalue weighted by molar-refractivity contribution is -0.284. The zero-order valence-electron chi connectivity index (χ0n) is 18.4. The molecule has 2 heterocycles. The fraction of sp³-hybridized carbons (Fsp3) is 0.333. The van der Waals surface area contributed by atoms with Crippen LogP contribution in [0.5, 0.6) is 0 Å². The third-order valence-corrected chi connectivity index (χ3v) is 8.96. The molecule has 1 N–H and O–H groups in total. The molecule has 1 aromatic rings. The largest absolute Gasteiger partial charge is 0.453 e. The summed E-state index contributed by atoms with van der Waals surface area (Å²) in [7, 11) is -4.14. The number of aryl methyl sites for hydroxylation is 1. The van der Waals surface area contributed by atoms with Crippen LogP contribution in [0, 0.1) is 13.8 Å². The summed E-state index contributed by atoms with van der Waals surface area (Å²) < 4.78 is 93.3. The van der Waals surface area contributed by atoms with Crippen molar-refractivity contribution in [2.24, 2.45) is 0 Å². The third kappa shape index (κ3) is 5.70. The molecule has 1 aromatic carbocycles. The lowest BCUT2D eigenvalue weighted by Crippen LogP contribution is -2.36. The van der Waals surface area contributed by atoms with E-state index >= 15 is 0 Å². The van der Waals surface area contributed by atoms with Crippen molar-refractivity contribution in [3.8, 4) is 5.69 Å². The van der Waals surface area contributed by atoms with Crippen molar-refractivity contribution in [3.05, 3.63) is 57.5 Å². The van der Waals surface area contributed by atoms with Gasteiger partial charge in [0, 0.05) is 17.0 Å². The number of alkyl halides is 5. The molecule has 0 saturated carbocycles. The van der Waals surface area contributed by atoms with Crippen LogP contribution in [0.25, 0.3) is 11.8 Å². The minimum atomic E-state index is -5.63. The normalized spacial score (nSPS) is 12.8. The molecule has 6 nitrogen and oxygen atoms in total. The number of thioether (sulfide) groups is 1. The molecule has 0 fully saturated rings. The van der Waals surface area contributed by atoms with E-state index in [0.717, 1.165) is 23.1 Å². The molecule has 0 atom stereocenters. The molecule has 0 unspecified atom stereocenters. The Hall–Kier alpha value is -2.45. The number of nitrogens with one attached hydrogen (secondary N) is 1. The number of hydrogen-bond acceptors (Lipinski definition) is 6. The van der Waals surface area contributed by atoms with Gasteiger partial charge in [0.25, 0.3) is 10.0 Å². The molecule has 14 heteroatoms. The molecule has 0 amide bonds. The summed E-state index contributed by atoms with van der Waals surface area (Å²) >= 11 is 2.11. The van der Waals surface area contributed by atoms with Crippen LogP contribution in [-0.2, 0) is 10.0 Å². The quantitative estimate of drug-likeness (QED) is 0.204. The molecular weight excluding hydrogens is 533 g/mol. The Morgan fingerprint density at radius 2 is 1.80 bits per heavy atom. The van der Waals surface area contributed by atoms with Gasteiger partial charge in [0.2, 0.25) is 0 Å². The highest BCUT2D eigenvalue weighted by Crippen LogP contribution is 2.41. The van der Waals surface area contributed by atoms with Crippen molar-refractivity contribution >= 4 is 45.0 Å². The Bertz CT molecular complexity index is 1360. The first kappa shape index (κ1) is 27.1. The van der Waals surface area contributed by atoms with Gasteiger partial charge < -0.3 is 0 Å². The molecule has 0 aromatic heterocycles. The van der Waals surface area contributed by atoms with E-state index in [1.54, 1.807) is 26.0 Å². The van der Waals surface area contributed by atoms with Crippen LogP contribution in [0.4, 0.5) is 27.8 Å². The summed E-state index contributed by atoms with van der Waals surface area (Å²) in [5, 5.41) is 0. The first-order chi connectivity index (χ1) is 16.2. The molecule has 0 spiro atoms. The molecule has 0 radical (unpaired) electrons. The first-order valence-corrected chi connectivity index (χ1v) is 13.3. The number of nitrogens with zero attached hydrogens (tertiary/aromatic N) is 2.